The highest BCUT2D eigenvalue weighted by molar-refractivity contribution is 5.92. The molecule has 2 N–H and O–H groups in total. The number of hydrogen-bond donors (Lipinski definition) is 1. The van der Waals surface area contributed by atoms with Crippen LogP contribution in [0.3, 0.4) is 0 Å². The summed E-state index contributed by atoms with van der Waals surface area (Å²) in [5, 5.41) is 7.49. The summed E-state index contributed by atoms with van der Waals surface area (Å²) < 4.78 is 38.7. The second kappa shape index (κ2) is 5.61. The monoisotopic (exact) mass is 326 g/mol. The van der Waals surface area contributed by atoms with Gasteiger partial charge in [0, 0.05) is 25.3 Å². The van der Waals surface area contributed by atoms with Crippen molar-refractivity contribution in [3.63, 3.8) is 0 Å². The number of rotatable bonds is 2. The molecule has 3 heterocycles. The van der Waals surface area contributed by atoms with Crippen molar-refractivity contribution in [2.75, 3.05) is 13.1 Å². The number of carbonyl (C=O) groups excluding carboxylic acids is 1. The van der Waals surface area contributed by atoms with E-state index in [0.29, 0.717) is 19.3 Å². The molecular formula is C13H13F3N6O. The number of hydrogen-bond acceptors (Lipinski definition) is 5. The van der Waals surface area contributed by atoms with Crippen LogP contribution in [0.1, 0.15) is 22.5 Å². The maximum absolute atomic E-state index is 12.5. The first-order valence-electron chi connectivity index (χ1n) is 6.85. The quantitative estimate of drug-likeness (QED) is 0.884. The highest BCUT2D eigenvalue weighted by atomic mass is 19.4. The lowest BCUT2D eigenvalue weighted by Crippen LogP contribution is -2.32. The van der Waals surface area contributed by atoms with Crippen LogP contribution < -0.4 is 5.73 Å². The average molecular weight is 326 g/mol. The Labute approximate surface area is 128 Å². The Bertz CT molecular complexity index is 711. The molecule has 1 aliphatic heterocycles. The van der Waals surface area contributed by atoms with Crippen molar-refractivity contribution in [2.24, 2.45) is 5.73 Å². The Morgan fingerprint density at radius 2 is 2.13 bits per heavy atom. The van der Waals surface area contributed by atoms with Gasteiger partial charge in [-0.3, -0.25) is 4.79 Å². The summed E-state index contributed by atoms with van der Waals surface area (Å²) >= 11 is 0. The number of nitrogens with two attached hydrogens (primary N) is 1. The molecule has 0 bridgehead atoms. The molecule has 0 aromatic carbocycles. The van der Waals surface area contributed by atoms with Crippen molar-refractivity contribution in [3.05, 3.63) is 35.8 Å². The van der Waals surface area contributed by atoms with Gasteiger partial charge >= 0.3 is 6.18 Å². The Kier molecular flexibility index (Phi) is 3.76. The first kappa shape index (κ1) is 15.4. The molecule has 1 aliphatic rings. The first-order valence-corrected chi connectivity index (χ1v) is 6.85. The van der Waals surface area contributed by atoms with Crippen LogP contribution in [0.5, 0.6) is 0 Å². The van der Waals surface area contributed by atoms with Crippen LogP contribution in [0.4, 0.5) is 13.2 Å². The molecule has 122 valence electrons. The lowest BCUT2D eigenvalue weighted by molar-refractivity contribution is -0.137. The SMILES string of the molecule is N[C@@H]1CCN(C(=O)c2cn(-c3ccc(C(F)(F)F)cn3)nn2)C1. The molecule has 0 spiro atoms. The molecule has 0 aliphatic carbocycles. The lowest BCUT2D eigenvalue weighted by atomic mass is 10.3. The fourth-order valence-electron chi connectivity index (χ4n) is 2.30. The van der Waals surface area contributed by atoms with Crippen molar-refractivity contribution in [3.8, 4) is 5.82 Å². The normalized spacial score (nSPS) is 18.4. The number of pyridine rings is 1. The minimum atomic E-state index is -4.45. The van der Waals surface area contributed by atoms with Crippen molar-refractivity contribution < 1.29 is 18.0 Å². The number of likely N-dealkylation sites (tertiary alicyclic amines) is 1. The van der Waals surface area contributed by atoms with Gasteiger partial charge in [-0.15, -0.1) is 5.10 Å². The van der Waals surface area contributed by atoms with Gasteiger partial charge in [-0.1, -0.05) is 5.21 Å². The third-order valence-electron chi connectivity index (χ3n) is 3.53. The van der Waals surface area contributed by atoms with Crippen LogP contribution in [0.2, 0.25) is 0 Å². The molecule has 23 heavy (non-hydrogen) atoms. The van der Waals surface area contributed by atoms with E-state index in [1.807, 2.05) is 0 Å². The molecule has 1 fully saturated rings. The Morgan fingerprint density at radius 1 is 1.35 bits per heavy atom. The van der Waals surface area contributed by atoms with Gasteiger partial charge in [0.15, 0.2) is 11.5 Å². The zero-order valence-electron chi connectivity index (χ0n) is 11.9. The fraction of sp³-hybridized carbons (Fsp3) is 0.385. The first-order chi connectivity index (χ1) is 10.8. The third kappa shape index (κ3) is 3.16. The molecule has 1 amide bonds. The maximum Gasteiger partial charge on any atom is 0.417 e. The van der Waals surface area contributed by atoms with Gasteiger partial charge in [0.2, 0.25) is 0 Å². The van der Waals surface area contributed by atoms with Gasteiger partial charge in [0.05, 0.1) is 11.8 Å². The van der Waals surface area contributed by atoms with Crippen molar-refractivity contribution in [2.45, 2.75) is 18.6 Å². The minimum absolute atomic E-state index is 0.0504. The van der Waals surface area contributed by atoms with Crippen LogP contribution in [-0.2, 0) is 6.18 Å². The molecule has 2 aromatic rings. The highest BCUT2D eigenvalue weighted by Crippen LogP contribution is 2.28. The van der Waals surface area contributed by atoms with Gasteiger partial charge < -0.3 is 10.6 Å². The standard InChI is InChI=1S/C13H13F3N6O/c14-13(15,16)8-1-2-11(18-5-8)22-7-10(19-20-22)12(23)21-4-3-9(17)6-21/h1-2,5,7,9H,3-4,6,17H2/t9-/m1/s1. The molecule has 0 saturated carbocycles. The van der Waals surface area contributed by atoms with Gasteiger partial charge in [0.25, 0.3) is 5.91 Å². The van der Waals surface area contributed by atoms with E-state index in [2.05, 4.69) is 15.3 Å². The largest absolute Gasteiger partial charge is 0.417 e. The van der Waals surface area contributed by atoms with Crippen molar-refractivity contribution in [1.29, 1.82) is 0 Å². The van der Waals surface area contributed by atoms with Crippen LogP contribution in [0.25, 0.3) is 5.82 Å². The average Bonchev–Trinajstić information content (AvgIpc) is 3.15. The number of carbonyl (C=O) groups is 1. The van der Waals surface area contributed by atoms with Gasteiger partial charge in [0.1, 0.15) is 0 Å². The Hall–Kier alpha value is -2.49. The predicted octanol–water partition coefficient (Wildman–Crippen LogP) is 0.854. The molecule has 0 radical (unpaired) electrons. The number of aromatic nitrogens is 4. The van der Waals surface area contributed by atoms with Gasteiger partial charge in [-0.05, 0) is 18.6 Å². The smallest absolute Gasteiger partial charge is 0.336 e. The summed E-state index contributed by atoms with van der Waals surface area (Å²) in [6.45, 7) is 0.996. The maximum atomic E-state index is 12.5. The van der Waals surface area contributed by atoms with E-state index in [1.165, 1.54) is 6.20 Å². The minimum Gasteiger partial charge on any atom is -0.336 e. The summed E-state index contributed by atoms with van der Waals surface area (Å²) in [7, 11) is 0. The number of alkyl halides is 3. The second-order valence-corrected chi connectivity index (χ2v) is 5.25. The number of halogens is 3. The third-order valence-corrected chi connectivity index (χ3v) is 3.53. The van der Waals surface area contributed by atoms with E-state index >= 15 is 0 Å². The Morgan fingerprint density at radius 3 is 2.70 bits per heavy atom. The summed E-state index contributed by atoms with van der Waals surface area (Å²) in [5.74, 6) is -0.168. The lowest BCUT2D eigenvalue weighted by Gasteiger charge is -2.13. The summed E-state index contributed by atoms with van der Waals surface area (Å²) in [6.07, 6.45) is -1.69. The second-order valence-electron chi connectivity index (χ2n) is 5.25. The van der Waals surface area contributed by atoms with E-state index < -0.39 is 11.7 Å². The number of nitrogens with zero attached hydrogens (tertiary/aromatic N) is 5. The van der Waals surface area contributed by atoms with E-state index in [1.54, 1.807) is 4.90 Å². The van der Waals surface area contributed by atoms with E-state index in [0.717, 1.165) is 23.2 Å². The molecule has 10 heteroatoms. The number of amides is 1. The Balaban J connectivity index is 1.78. The molecule has 1 saturated heterocycles. The molecular weight excluding hydrogens is 313 g/mol. The zero-order chi connectivity index (χ0) is 16.6. The molecule has 0 unspecified atom stereocenters. The van der Waals surface area contributed by atoms with Gasteiger partial charge in [-0.2, -0.15) is 13.2 Å². The molecule has 1 atom stereocenters. The highest BCUT2D eigenvalue weighted by Gasteiger charge is 2.31. The van der Waals surface area contributed by atoms with Gasteiger partial charge in [-0.25, -0.2) is 9.67 Å². The van der Waals surface area contributed by atoms with Crippen LogP contribution in [-0.4, -0.2) is 49.9 Å². The summed E-state index contributed by atoms with van der Waals surface area (Å²) in [4.78, 5) is 17.5. The fourth-order valence-corrected chi connectivity index (χ4v) is 2.30. The predicted molar refractivity (Wildman–Crippen MR) is 72.7 cm³/mol. The van der Waals surface area contributed by atoms with E-state index in [9.17, 15) is 18.0 Å². The van der Waals surface area contributed by atoms with Crippen LogP contribution >= 0.6 is 0 Å². The van der Waals surface area contributed by atoms with Crippen molar-refractivity contribution in [1.82, 2.24) is 24.9 Å². The van der Waals surface area contributed by atoms with E-state index in [-0.39, 0.29) is 23.5 Å². The molecule has 3 rings (SSSR count). The summed E-state index contributed by atoms with van der Waals surface area (Å²) in [5.41, 5.74) is 4.99. The van der Waals surface area contributed by atoms with Crippen LogP contribution in [0, 0.1) is 0 Å². The zero-order valence-corrected chi connectivity index (χ0v) is 11.9. The van der Waals surface area contributed by atoms with E-state index in [4.69, 9.17) is 5.73 Å². The molecule has 2 aromatic heterocycles. The molecule has 7 nitrogen and oxygen atoms in total. The topological polar surface area (TPSA) is 89.9 Å². The van der Waals surface area contributed by atoms with Crippen LogP contribution in [0.15, 0.2) is 24.5 Å². The summed E-state index contributed by atoms with van der Waals surface area (Å²) in [6, 6.07) is 2.01. The van der Waals surface area contributed by atoms with Crippen molar-refractivity contribution >= 4 is 5.91 Å².